The molecule has 1 saturated carbocycles. The predicted molar refractivity (Wildman–Crippen MR) is 240 cm³/mol. The maximum Gasteiger partial charge on any atom is 0.407 e. The number of aliphatic imine (C=N–C) groups is 1. The number of alkyl carbamates (subject to hydrolysis) is 1. The molecular formula is C50H62N6O5. The van der Waals surface area contributed by atoms with Crippen LogP contribution in [0.4, 0.5) is 4.79 Å². The van der Waals surface area contributed by atoms with Gasteiger partial charge in [0.2, 0.25) is 11.8 Å². The first kappa shape index (κ1) is 41.3. The van der Waals surface area contributed by atoms with E-state index < -0.39 is 12.1 Å². The van der Waals surface area contributed by atoms with Gasteiger partial charge in [0.05, 0.1) is 37.7 Å². The summed E-state index contributed by atoms with van der Waals surface area (Å²) in [6.07, 6.45) is 12.4. The minimum atomic E-state index is -0.699. The molecular weight excluding hydrogens is 765 g/mol. The van der Waals surface area contributed by atoms with Crippen molar-refractivity contribution >= 4 is 50.7 Å². The summed E-state index contributed by atoms with van der Waals surface area (Å²) in [7, 11) is 1.32. The highest BCUT2D eigenvalue weighted by Gasteiger charge is 2.51. The maximum atomic E-state index is 14.2. The van der Waals surface area contributed by atoms with E-state index in [0.717, 1.165) is 94.2 Å². The zero-order valence-corrected chi connectivity index (χ0v) is 36.7. The molecule has 0 radical (unpaired) electrons. The summed E-state index contributed by atoms with van der Waals surface area (Å²) in [5, 5.41) is 7.42. The molecule has 3 saturated heterocycles. The van der Waals surface area contributed by atoms with Crippen LogP contribution in [0.3, 0.4) is 0 Å². The monoisotopic (exact) mass is 826 g/mol. The second-order valence-electron chi connectivity index (χ2n) is 19.5. The van der Waals surface area contributed by atoms with Crippen molar-refractivity contribution in [1.29, 1.82) is 0 Å². The summed E-state index contributed by atoms with van der Waals surface area (Å²) in [5.74, 6) is 1.78. The Morgan fingerprint density at radius 1 is 0.885 bits per heavy atom. The summed E-state index contributed by atoms with van der Waals surface area (Å²) >= 11 is 0. The topological polar surface area (TPSA) is 129 Å². The van der Waals surface area contributed by atoms with Crippen molar-refractivity contribution in [3.05, 3.63) is 72.3 Å². The molecule has 2 N–H and O–H groups in total. The van der Waals surface area contributed by atoms with Crippen LogP contribution in [0.15, 0.2) is 65.9 Å². The van der Waals surface area contributed by atoms with E-state index >= 15 is 0 Å². The molecule has 1 spiro atoms. The average Bonchev–Trinajstić information content (AvgIpc) is 4.09. The van der Waals surface area contributed by atoms with E-state index in [4.69, 9.17) is 19.5 Å². The van der Waals surface area contributed by atoms with Gasteiger partial charge in [0.1, 0.15) is 11.9 Å². The van der Waals surface area contributed by atoms with Gasteiger partial charge in [0.25, 0.3) is 0 Å². The highest BCUT2D eigenvalue weighted by Crippen LogP contribution is 2.47. The molecule has 61 heavy (non-hydrogen) atoms. The minimum absolute atomic E-state index is 0.0131. The molecule has 5 heterocycles. The fraction of sp³-hybridized carbons (Fsp3) is 0.540. The number of carbonyl (C=O) groups is 3. The van der Waals surface area contributed by atoms with Gasteiger partial charge >= 0.3 is 6.09 Å². The number of aromatic nitrogens is 2. The summed E-state index contributed by atoms with van der Waals surface area (Å²) in [6.45, 7) is 12.2. The number of hydrogen-bond donors (Lipinski definition) is 2. The third-order valence-electron chi connectivity index (χ3n) is 14.8. The van der Waals surface area contributed by atoms with Crippen LogP contribution in [0, 0.1) is 29.1 Å². The van der Waals surface area contributed by atoms with Gasteiger partial charge in [-0.2, -0.15) is 0 Å². The first-order valence-electron chi connectivity index (χ1n) is 22.8. The number of benzene rings is 3. The molecule has 0 unspecified atom stereocenters. The van der Waals surface area contributed by atoms with Crippen molar-refractivity contribution in [1.82, 2.24) is 25.1 Å². The smallest absolute Gasteiger partial charge is 0.407 e. The summed E-state index contributed by atoms with van der Waals surface area (Å²) in [5.41, 5.74) is 5.16. The lowest BCUT2D eigenvalue weighted by atomic mass is 9.79. The molecule has 3 aromatic carbocycles. The average molecular weight is 827 g/mol. The van der Waals surface area contributed by atoms with Gasteiger partial charge in [0, 0.05) is 54.4 Å². The standard InChI is InChI=1S/C50H62N6O5/c1-29(2)31(5)47(57)56-42-11-8-7-10-36(42)23-43(56)46-52-26-41(53-46)35-15-14-33-18-37-20-34(13-12-32(37)19-38(33)21-35)39-22-40(51-25-39)44-24-50(16-9-17-61-28-50)27-55(44)48(58)45(30(3)4)54-49(59)60-6/h12-15,18-21,25-26,29-31,36,42-45H,7-11,16-17,22-24,27-28H2,1-6H3,(H,52,53)(H,54,59)/t31-,36-,42-,43-,44-,45-,50-/m0/s1. The molecule has 1 aromatic heterocycles. The van der Waals surface area contributed by atoms with Crippen molar-refractivity contribution in [2.45, 2.75) is 117 Å². The number of carbonyl (C=O) groups excluding carboxylic acids is 3. The van der Waals surface area contributed by atoms with Gasteiger partial charge in [-0.25, -0.2) is 9.78 Å². The van der Waals surface area contributed by atoms with Gasteiger partial charge in [-0.1, -0.05) is 71.7 Å². The number of fused-ring (bicyclic) bond motifs is 3. The molecule has 322 valence electrons. The fourth-order valence-corrected chi connectivity index (χ4v) is 11.0. The quantitative estimate of drug-likeness (QED) is 0.162. The predicted octanol–water partition coefficient (Wildman–Crippen LogP) is 9.47. The maximum absolute atomic E-state index is 14.2. The van der Waals surface area contributed by atoms with Gasteiger partial charge in [-0.3, -0.25) is 14.6 Å². The largest absolute Gasteiger partial charge is 0.453 e. The molecule has 3 amide bonds. The number of rotatable bonds is 9. The highest BCUT2D eigenvalue weighted by atomic mass is 16.5. The zero-order chi connectivity index (χ0) is 42.6. The molecule has 11 heteroatoms. The van der Waals surface area contributed by atoms with Crippen molar-refractivity contribution in [3.63, 3.8) is 0 Å². The van der Waals surface area contributed by atoms with Crippen molar-refractivity contribution < 1.29 is 23.9 Å². The van der Waals surface area contributed by atoms with Crippen LogP contribution >= 0.6 is 0 Å². The Bertz CT molecular complexity index is 2390. The number of ether oxygens (including phenoxy) is 2. The first-order valence-corrected chi connectivity index (χ1v) is 22.8. The molecule has 4 aliphatic heterocycles. The van der Waals surface area contributed by atoms with Crippen LogP contribution in [0.1, 0.15) is 110 Å². The number of allylic oxidation sites excluding steroid dienone is 1. The van der Waals surface area contributed by atoms with Gasteiger partial charge in [-0.05, 0) is 113 Å². The normalized spacial score (nSPS) is 26.2. The summed E-state index contributed by atoms with van der Waals surface area (Å²) in [4.78, 5) is 58.2. The number of nitrogens with zero attached hydrogens (tertiary/aromatic N) is 4. The molecule has 1 aliphatic carbocycles. The molecule has 0 bridgehead atoms. The van der Waals surface area contributed by atoms with Gasteiger partial charge < -0.3 is 29.6 Å². The Labute approximate surface area is 359 Å². The Morgan fingerprint density at radius 2 is 1.62 bits per heavy atom. The number of H-pyrrole nitrogens is 1. The Morgan fingerprint density at radius 3 is 2.33 bits per heavy atom. The number of nitrogens with one attached hydrogen (secondary N) is 2. The Kier molecular flexibility index (Phi) is 11.3. The van der Waals surface area contributed by atoms with Crippen LogP contribution in [-0.4, -0.2) is 88.4 Å². The lowest BCUT2D eigenvalue weighted by Gasteiger charge is -2.36. The van der Waals surface area contributed by atoms with E-state index in [9.17, 15) is 14.4 Å². The van der Waals surface area contributed by atoms with E-state index in [2.05, 4.69) is 84.5 Å². The zero-order valence-electron chi connectivity index (χ0n) is 36.7. The number of methoxy groups -OCH3 is 1. The number of imidazole rings is 1. The number of amides is 3. The third-order valence-corrected chi connectivity index (χ3v) is 14.8. The van der Waals surface area contributed by atoms with Gasteiger partial charge in [0.15, 0.2) is 0 Å². The summed E-state index contributed by atoms with van der Waals surface area (Å²) < 4.78 is 10.9. The molecule has 11 nitrogen and oxygen atoms in total. The Balaban J connectivity index is 0.928. The first-order chi connectivity index (χ1) is 29.4. The van der Waals surface area contributed by atoms with Crippen LogP contribution in [0.2, 0.25) is 0 Å². The van der Waals surface area contributed by atoms with E-state index in [-0.39, 0.29) is 41.1 Å². The van der Waals surface area contributed by atoms with E-state index in [0.29, 0.717) is 37.5 Å². The SMILES string of the molecule is COC(=O)N[C@H](C(=O)N1C[C@]2(CCCOC2)C[C@H]1C1=NC=C(c2ccc3cc4cc(-c5cnc([C@@H]6C[C@@H]7CCCC[C@@H]7N6C(=O)[C@@H](C)C(C)C)[nH]5)ccc4cc3c2)C1)C(C)C. The van der Waals surface area contributed by atoms with Crippen LogP contribution in [0.5, 0.6) is 0 Å². The number of hydrogen-bond acceptors (Lipinski definition) is 7. The van der Waals surface area contributed by atoms with Crippen LogP contribution in [0.25, 0.3) is 38.4 Å². The lowest BCUT2D eigenvalue weighted by Crippen LogP contribution is -2.54. The second kappa shape index (κ2) is 16.7. The fourth-order valence-electron chi connectivity index (χ4n) is 11.0. The molecule has 7 atom stereocenters. The second-order valence-corrected chi connectivity index (χ2v) is 19.5. The molecule has 5 aliphatic rings. The molecule has 4 aromatic rings. The highest BCUT2D eigenvalue weighted by molar-refractivity contribution is 6.06. The van der Waals surface area contributed by atoms with Gasteiger partial charge in [-0.15, -0.1) is 0 Å². The van der Waals surface area contributed by atoms with Crippen LogP contribution < -0.4 is 5.32 Å². The van der Waals surface area contributed by atoms with Crippen molar-refractivity contribution in [3.8, 4) is 11.3 Å². The molecule has 9 rings (SSSR count). The third kappa shape index (κ3) is 7.87. The summed E-state index contributed by atoms with van der Waals surface area (Å²) in [6, 6.07) is 17.2. The Hall–Kier alpha value is -5.03. The minimum Gasteiger partial charge on any atom is -0.453 e. The van der Waals surface area contributed by atoms with E-state index in [1.165, 1.54) is 26.4 Å². The number of aromatic amines is 1. The van der Waals surface area contributed by atoms with Crippen molar-refractivity contribution in [2.24, 2.45) is 34.1 Å². The lowest BCUT2D eigenvalue weighted by molar-refractivity contribution is -0.140. The molecule has 4 fully saturated rings. The number of likely N-dealkylation sites (tertiary alicyclic amines) is 2. The van der Waals surface area contributed by atoms with Crippen molar-refractivity contribution in [2.75, 3.05) is 26.9 Å². The van der Waals surface area contributed by atoms with E-state index in [1.54, 1.807) is 0 Å². The van der Waals surface area contributed by atoms with Crippen LogP contribution in [-0.2, 0) is 19.1 Å². The van der Waals surface area contributed by atoms with E-state index in [1.807, 2.05) is 31.1 Å².